The van der Waals surface area contributed by atoms with Crippen molar-refractivity contribution in [3.63, 3.8) is 0 Å². The Kier molecular flexibility index (Phi) is 7.59. The number of ether oxygens (including phenoxy) is 3. The number of pyridine rings is 1. The Morgan fingerprint density at radius 3 is 2.62 bits per heavy atom. The zero-order valence-corrected chi connectivity index (χ0v) is 20.3. The molecule has 0 aliphatic carbocycles. The van der Waals surface area contributed by atoms with Gasteiger partial charge in [0.05, 0.1) is 37.6 Å². The first kappa shape index (κ1) is 23.5. The van der Waals surface area contributed by atoms with Gasteiger partial charge in [-0.25, -0.2) is 4.98 Å². The summed E-state index contributed by atoms with van der Waals surface area (Å²) in [7, 11) is 3.18. The van der Waals surface area contributed by atoms with E-state index in [0.717, 1.165) is 28.6 Å². The zero-order valence-electron chi connectivity index (χ0n) is 19.5. The van der Waals surface area contributed by atoms with Gasteiger partial charge in [-0.1, -0.05) is 36.8 Å². The SMILES string of the molecule is CCCCOc1cccc(C(=O)N(Cc2cccnc2)c2nc3cc(OC)c(OC)cc3s2)c1. The van der Waals surface area contributed by atoms with Gasteiger partial charge < -0.3 is 14.2 Å². The van der Waals surface area contributed by atoms with E-state index in [4.69, 9.17) is 19.2 Å². The fraction of sp³-hybridized carbons (Fsp3) is 0.269. The van der Waals surface area contributed by atoms with E-state index < -0.39 is 0 Å². The number of hydrogen-bond acceptors (Lipinski definition) is 7. The molecule has 0 N–H and O–H groups in total. The number of aromatic nitrogens is 2. The molecule has 4 aromatic rings. The average molecular weight is 478 g/mol. The highest BCUT2D eigenvalue weighted by atomic mass is 32.1. The van der Waals surface area contributed by atoms with E-state index in [9.17, 15) is 4.79 Å². The van der Waals surface area contributed by atoms with Crippen molar-refractivity contribution in [1.29, 1.82) is 0 Å². The van der Waals surface area contributed by atoms with Gasteiger partial charge in [0.1, 0.15) is 5.75 Å². The lowest BCUT2D eigenvalue weighted by molar-refractivity contribution is 0.0984. The molecule has 4 rings (SSSR count). The van der Waals surface area contributed by atoms with Gasteiger partial charge in [-0.3, -0.25) is 14.7 Å². The van der Waals surface area contributed by atoms with Crippen molar-refractivity contribution in [2.75, 3.05) is 25.7 Å². The number of carbonyl (C=O) groups is 1. The van der Waals surface area contributed by atoms with E-state index in [-0.39, 0.29) is 5.91 Å². The molecule has 176 valence electrons. The first-order valence-electron chi connectivity index (χ1n) is 11.1. The minimum absolute atomic E-state index is 0.164. The third kappa shape index (κ3) is 5.28. The first-order chi connectivity index (χ1) is 16.6. The Labute approximate surface area is 202 Å². The lowest BCUT2D eigenvalue weighted by atomic mass is 10.1. The van der Waals surface area contributed by atoms with Crippen LogP contribution in [0.1, 0.15) is 35.7 Å². The molecule has 0 spiro atoms. The van der Waals surface area contributed by atoms with Crippen molar-refractivity contribution in [3.8, 4) is 17.2 Å². The van der Waals surface area contributed by atoms with Crippen LogP contribution in [-0.2, 0) is 6.54 Å². The van der Waals surface area contributed by atoms with Crippen LogP contribution >= 0.6 is 11.3 Å². The predicted molar refractivity (Wildman–Crippen MR) is 134 cm³/mol. The smallest absolute Gasteiger partial charge is 0.260 e. The molecule has 7 nitrogen and oxygen atoms in total. The predicted octanol–water partition coefficient (Wildman–Crippen LogP) is 5.73. The van der Waals surface area contributed by atoms with Crippen molar-refractivity contribution >= 4 is 32.6 Å². The van der Waals surface area contributed by atoms with Crippen molar-refractivity contribution in [1.82, 2.24) is 9.97 Å². The van der Waals surface area contributed by atoms with E-state index >= 15 is 0 Å². The number of fused-ring (bicyclic) bond motifs is 1. The summed E-state index contributed by atoms with van der Waals surface area (Å²) in [5, 5.41) is 0.580. The number of benzene rings is 2. The molecule has 0 atom stereocenters. The van der Waals surface area contributed by atoms with Crippen LogP contribution in [0.15, 0.2) is 60.9 Å². The number of unbranched alkanes of at least 4 members (excludes halogenated alkanes) is 1. The number of methoxy groups -OCH3 is 2. The highest BCUT2D eigenvalue weighted by Gasteiger charge is 2.23. The summed E-state index contributed by atoms with van der Waals surface area (Å²) in [5.41, 5.74) is 2.17. The van der Waals surface area contributed by atoms with Crippen molar-refractivity contribution in [2.24, 2.45) is 0 Å². The fourth-order valence-corrected chi connectivity index (χ4v) is 4.44. The highest BCUT2D eigenvalue weighted by Crippen LogP contribution is 2.38. The minimum Gasteiger partial charge on any atom is -0.494 e. The van der Waals surface area contributed by atoms with E-state index in [0.29, 0.717) is 41.1 Å². The molecule has 1 amide bonds. The molecule has 0 aliphatic rings. The van der Waals surface area contributed by atoms with E-state index in [2.05, 4.69) is 11.9 Å². The largest absolute Gasteiger partial charge is 0.494 e. The van der Waals surface area contributed by atoms with Crippen LogP contribution in [0, 0.1) is 0 Å². The molecule has 0 fully saturated rings. The third-order valence-electron chi connectivity index (χ3n) is 5.27. The van der Waals surface area contributed by atoms with Crippen LogP contribution in [0.4, 0.5) is 5.13 Å². The topological polar surface area (TPSA) is 73.8 Å². The lowest BCUT2D eigenvalue weighted by Gasteiger charge is -2.20. The normalized spacial score (nSPS) is 10.8. The minimum atomic E-state index is -0.164. The van der Waals surface area contributed by atoms with Gasteiger partial charge >= 0.3 is 0 Å². The number of rotatable bonds is 10. The lowest BCUT2D eigenvalue weighted by Crippen LogP contribution is -2.30. The number of anilines is 1. The van der Waals surface area contributed by atoms with Gasteiger partial charge in [0, 0.05) is 30.1 Å². The maximum atomic E-state index is 13.7. The number of hydrogen-bond donors (Lipinski definition) is 0. The standard InChI is InChI=1S/C26H27N3O4S/c1-4-5-12-33-20-10-6-9-19(13-20)25(30)29(17-18-8-7-11-27-16-18)26-28-21-14-22(31-2)23(32-3)15-24(21)34-26/h6-11,13-16H,4-5,12,17H2,1-3H3. The summed E-state index contributed by atoms with van der Waals surface area (Å²) in [5.74, 6) is 1.73. The van der Waals surface area contributed by atoms with Gasteiger partial charge in [-0.2, -0.15) is 0 Å². The molecule has 0 bridgehead atoms. The van der Waals surface area contributed by atoms with Gasteiger partial charge in [-0.05, 0) is 36.2 Å². The summed E-state index contributed by atoms with van der Waals surface area (Å²) >= 11 is 1.42. The Balaban J connectivity index is 1.71. The number of amides is 1. The van der Waals surface area contributed by atoms with Crippen LogP contribution in [0.5, 0.6) is 17.2 Å². The highest BCUT2D eigenvalue weighted by molar-refractivity contribution is 7.22. The van der Waals surface area contributed by atoms with E-state index in [1.54, 1.807) is 43.6 Å². The molecular formula is C26H27N3O4S. The van der Waals surface area contributed by atoms with E-state index in [1.165, 1.54) is 11.3 Å². The molecule has 2 heterocycles. The average Bonchev–Trinajstić information content (AvgIpc) is 3.29. The molecule has 2 aromatic carbocycles. The Morgan fingerprint density at radius 2 is 1.88 bits per heavy atom. The molecular weight excluding hydrogens is 450 g/mol. The molecule has 34 heavy (non-hydrogen) atoms. The monoisotopic (exact) mass is 477 g/mol. The molecule has 2 aromatic heterocycles. The summed E-state index contributed by atoms with van der Waals surface area (Å²) in [6.07, 6.45) is 5.47. The van der Waals surface area contributed by atoms with Gasteiger partial charge in [0.2, 0.25) is 0 Å². The quantitative estimate of drug-likeness (QED) is 0.271. The number of nitrogens with zero attached hydrogens (tertiary/aromatic N) is 3. The van der Waals surface area contributed by atoms with Crippen LogP contribution in [0.2, 0.25) is 0 Å². The molecule has 8 heteroatoms. The van der Waals surface area contributed by atoms with Gasteiger partial charge in [0.25, 0.3) is 5.91 Å². The second-order valence-corrected chi connectivity index (χ2v) is 8.66. The van der Waals surface area contributed by atoms with Crippen molar-refractivity contribution < 1.29 is 19.0 Å². The van der Waals surface area contributed by atoms with Gasteiger partial charge in [0.15, 0.2) is 16.6 Å². The molecule has 0 radical (unpaired) electrons. The number of thiazole rings is 1. The fourth-order valence-electron chi connectivity index (χ4n) is 3.47. The second kappa shape index (κ2) is 11.0. The summed E-state index contributed by atoms with van der Waals surface area (Å²) in [6.45, 7) is 3.07. The summed E-state index contributed by atoms with van der Waals surface area (Å²) in [4.78, 5) is 24.4. The van der Waals surface area contributed by atoms with Crippen molar-refractivity contribution in [2.45, 2.75) is 26.3 Å². The summed E-state index contributed by atoms with van der Waals surface area (Å²) < 4.78 is 17.6. The maximum Gasteiger partial charge on any atom is 0.260 e. The first-order valence-corrected chi connectivity index (χ1v) is 11.9. The zero-order chi connectivity index (χ0) is 23.9. The van der Waals surface area contributed by atoms with E-state index in [1.807, 2.05) is 36.4 Å². The Hall–Kier alpha value is -3.65. The van der Waals surface area contributed by atoms with Gasteiger partial charge in [-0.15, -0.1) is 0 Å². The molecule has 0 saturated carbocycles. The van der Waals surface area contributed by atoms with Crippen LogP contribution in [-0.4, -0.2) is 36.7 Å². The molecule has 0 unspecified atom stereocenters. The number of carbonyl (C=O) groups excluding carboxylic acids is 1. The maximum absolute atomic E-state index is 13.7. The van der Waals surface area contributed by atoms with Crippen LogP contribution in [0.3, 0.4) is 0 Å². The second-order valence-electron chi connectivity index (χ2n) is 7.65. The summed E-state index contributed by atoms with van der Waals surface area (Å²) in [6, 6.07) is 14.8. The van der Waals surface area contributed by atoms with Crippen LogP contribution < -0.4 is 19.1 Å². The third-order valence-corrected chi connectivity index (χ3v) is 6.31. The Bertz CT molecular complexity index is 1220. The Morgan fingerprint density at radius 1 is 1.06 bits per heavy atom. The molecule has 0 saturated heterocycles. The van der Waals surface area contributed by atoms with Crippen LogP contribution in [0.25, 0.3) is 10.2 Å². The molecule has 0 aliphatic heterocycles. The van der Waals surface area contributed by atoms with Crippen molar-refractivity contribution in [3.05, 3.63) is 72.1 Å².